The number of nitrogens with zero attached hydrogens (tertiary/aromatic N) is 2. The first-order valence-electron chi connectivity index (χ1n) is 7.67. The summed E-state index contributed by atoms with van der Waals surface area (Å²) in [7, 11) is 0. The molecule has 1 aliphatic heterocycles. The molecule has 0 saturated heterocycles. The minimum absolute atomic E-state index is 0.0901. The van der Waals surface area contributed by atoms with Crippen molar-refractivity contribution in [2.45, 2.75) is 19.1 Å². The molecule has 2 aromatic heterocycles. The van der Waals surface area contributed by atoms with Crippen molar-refractivity contribution in [1.29, 1.82) is 0 Å². The van der Waals surface area contributed by atoms with Crippen LogP contribution in [0, 0.1) is 0 Å². The molecule has 1 aromatic carbocycles. The SMILES string of the molecule is C[C@@H](OC(=O)[C@@H]1COc2ccccc2O1)c1nnc(-c2cccs2)o1. The Labute approximate surface area is 147 Å². The van der Waals surface area contributed by atoms with Crippen LogP contribution in [0.25, 0.3) is 10.8 Å². The number of para-hydroxylation sites is 2. The number of carbonyl (C=O) groups is 1. The number of thiophene rings is 1. The summed E-state index contributed by atoms with van der Waals surface area (Å²) in [5.74, 6) is 1.21. The number of benzene rings is 1. The van der Waals surface area contributed by atoms with E-state index in [2.05, 4.69) is 10.2 Å². The maximum Gasteiger partial charge on any atom is 0.351 e. The van der Waals surface area contributed by atoms with E-state index < -0.39 is 18.2 Å². The van der Waals surface area contributed by atoms with Crippen LogP contribution in [0.3, 0.4) is 0 Å². The van der Waals surface area contributed by atoms with Crippen LogP contribution in [-0.4, -0.2) is 28.9 Å². The van der Waals surface area contributed by atoms with Gasteiger partial charge in [0, 0.05) is 0 Å². The lowest BCUT2D eigenvalue weighted by molar-refractivity contribution is -0.160. The molecule has 0 saturated carbocycles. The molecule has 0 bridgehead atoms. The first kappa shape index (κ1) is 15.6. The van der Waals surface area contributed by atoms with Crippen LogP contribution in [0.4, 0.5) is 0 Å². The van der Waals surface area contributed by atoms with Gasteiger partial charge >= 0.3 is 5.97 Å². The van der Waals surface area contributed by atoms with Crippen LogP contribution < -0.4 is 9.47 Å². The Kier molecular flexibility index (Phi) is 4.10. The lowest BCUT2D eigenvalue weighted by atomic mass is 10.2. The number of hydrogen-bond acceptors (Lipinski definition) is 8. The molecule has 0 radical (unpaired) electrons. The molecule has 1 aliphatic rings. The number of fused-ring (bicyclic) bond motifs is 1. The van der Waals surface area contributed by atoms with Gasteiger partial charge in [-0.05, 0) is 30.5 Å². The number of ether oxygens (including phenoxy) is 3. The molecule has 0 spiro atoms. The summed E-state index contributed by atoms with van der Waals surface area (Å²) in [4.78, 5) is 13.2. The molecule has 3 heterocycles. The zero-order chi connectivity index (χ0) is 17.2. The van der Waals surface area contributed by atoms with Crippen molar-refractivity contribution in [2.75, 3.05) is 6.61 Å². The highest BCUT2D eigenvalue weighted by molar-refractivity contribution is 7.13. The number of carbonyl (C=O) groups excluding carboxylic acids is 1. The first-order chi connectivity index (χ1) is 12.2. The van der Waals surface area contributed by atoms with E-state index in [9.17, 15) is 4.79 Å². The van der Waals surface area contributed by atoms with Crippen molar-refractivity contribution in [1.82, 2.24) is 10.2 Å². The lowest BCUT2D eigenvalue weighted by Gasteiger charge is -2.25. The third kappa shape index (κ3) is 3.20. The van der Waals surface area contributed by atoms with Gasteiger partial charge in [-0.2, -0.15) is 0 Å². The van der Waals surface area contributed by atoms with E-state index in [1.54, 1.807) is 19.1 Å². The molecule has 25 heavy (non-hydrogen) atoms. The molecule has 0 N–H and O–H groups in total. The highest BCUT2D eigenvalue weighted by Gasteiger charge is 2.31. The van der Waals surface area contributed by atoms with Gasteiger partial charge in [0.15, 0.2) is 17.6 Å². The smallest absolute Gasteiger partial charge is 0.351 e. The zero-order valence-electron chi connectivity index (χ0n) is 13.2. The van der Waals surface area contributed by atoms with Crippen LogP contribution >= 0.6 is 11.3 Å². The fraction of sp³-hybridized carbons (Fsp3) is 0.235. The van der Waals surface area contributed by atoms with E-state index in [0.29, 0.717) is 17.4 Å². The Morgan fingerprint density at radius 2 is 2.08 bits per heavy atom. The van der Waals surface area contributed by atoms with Crippen molar-refractivity contribution in [3.63, 3.8) is 0 Å². The Morgan fingerprint density at radius 3 is 2.88 bits per heavy atom. The summed E-state index contributed by atoms with van der Waals surface area (Å²) in [6.45, 7) is 1.76. The Hall–Kier alpha value is -2.87. The number of hydrogen-bond donors (Lipinski definition) is 0. The highest BCUT2D eigenvalue weighted by atomic mass is 32.1. The molecule has 4 rings (SSSR count). The van der Waals surface area contributed by atoms with Gasteiger partial charge in [-0.15, -0.1) is 21.5 Å². The average Bonchev–Trinajstić information content (AvgIpc) is 3.32. The fourth-order valence-electron chi connectivity index (χ4n) is 2.33. The van der Waals surface area contributed by atoms with Crippen molar-refractivity contribution >= 4 is 17.3 Å². The Morgan fingerprint density at radius 1 is 1.24 bits per heavy atom. The molecule has 3 aromatic rings. The summed E-state index contributed by atoms with van der Waals surface area (Å²) >= 11 is 1.49. The predicted molar refractivity (Wildman–Crippen MR) is 88.5 cm³/mol. The van der Waals surface area contributed by atoms with Crippen molar-refractivity contribution in [3.05, 3.63) is 47.7 Å². The molecule has 0 fully saturated rings. The normalized spacial score (nSPS) is 17.1. The average molecular weight is 358 g/mol. The Balaban J connectivity index is 1.41. The van der Waals surface area contributed by atoms with Gasteiger partial charge in [0.25, 0.3) is 11.8 Å². The minimum atomic E-state index is -0.836. The number of rotatable bonds is 4. The quantitative estimate of drug-likeness (QED) is 0.662. The van der Waals surface area contributed by atoms with Gasteiger partial charge in [0.2, 0.25) is 6.10 Å². The molecular weight excluding hydrogens is 344 g/mol. The van der Waals surface area contributed by atoms with Crippen LogP contribution in [0.2, 0.25) is 0 Å². The third-order valence-corrected chi connectivity index (χ3v) is 4.44. The zero-order valence-corrected chi connectivity index (χ0v) is 14.1. The largest absolute Gasteiger partial charge is 0.485 e. The van der Waals surface area contributed by atoms with Crippen molar-refractivity contribution in [2.24, 2.45) is 0 Å². The number of aromatic nitrogens is 2. The van der Waals surface area contributed by atoms with E-state index >= 15 is 0 Å². The van der Waals surface area contributed by atoms with Gasteiger partial charge in [-0.25, -0.2) is 4.79 Å². The highest BCUT2D eigenvalue weighted by Crippen LogP contribution is 2.32. The second kappa shape index (κ2) is 6.56. The standard InChI is InChI=1S/C17H14N2O5S/c1-10(15-18-19-16(24-15)14-7-4-8-25-14)22-17(20)13-9-21-11-5-2-3-6-12(11)23-13/h2-8,10,13H,9H2,1H3/t10-,13+/m1/s1. The van der Waals surface area contributed by atoms with E-state index in [4.69, 9.17) is 18.6 Å². The van der Waals surface area contributed by atoms with Gasteiger partial charge in [-0.3, -0.25) is 0 Å². The minimum Gasteiger partial charge on any atom is -0.485 e. The first-order valence-corrected chi connectivity index (χ1v) is 8.55. The summed E-state index contributed by atoms with van der Waals surface area (Å²) in [6, 6.07) is 10.9. The fourth-order valence-corrected chi connectivity index (χ4v) is 2.98. The molecule has 0 unspecified atom stereocenters. The summed E-state index contributed by atoms with van der Waals surface area (Å²) < 4.78 is 22.1. The summed E-state index contributed by atoms with van der Waals surface area (Å²) in [5, 5.41) is 9.84. The van der Waals surface area contributed by atoms with Gasteiger partial charge < -0.3 is 18.6 Å². The van der Waals surface area contributed by atoms with E-state index in [0.717, 1.165) is 4.88 Å². The molecule has 8 heteroatoms. The molecule has 7 nitrogen and oxygen atoms in total. The summed E-state index contributed by atoms with van der Waals surface area (Å²) in [5.41, 5.74) is 0. The summed E-state index contributed by atoms with van der Waals surface area (Å²) in [6.07, 6.45) is -1.52. The lowest BCUT2D eigenvalue weighted by Crippen LogP contribution is -2.38. The molecular formula is C17H14N2O5S. The van der Waals surface area contributed by atoms with Gasteiger partial charge in [0.1, 0.15) is 6.61 Å². The topological polar surface area (TPSA) is 83.7 Å². The molecule has 2 atom stereocenters. The second-order valence-corrected chi connectivity index (χ2v) is 6.31. The third-order valence-electron chi connectivity index (χ3n) is 3.58. The van der Waals surface area contributed by atoms with Crippen molar-refractivity contribution < 1.29 is 23.4 Å². The van der Waals surface area contributed by atoms with Gasteiger partial charge in [-0.1, -0.05) is 18.2 Å². The molecule has 0 aliphatic carbocycles. The van der Waals surface area contributed by atoms with Crippen LogP contribution in [0.1, 0.15) is 18.9 Å². The van der Waals surface area contributed by atoms with E-state index in [-0.39, 0.29) is 12.5 Å². The van der Waals surface area contributed by atoms with Crippen molar-refractivity contribution in [3.8, 4) is 22.3 Å². The Bertz CT molecular complexity index is 877. The van der Waals surface area contributed by atoms with Crippen LogP contribution in [0.15, 0.2) is 46.2 Å². The van der Waals surface area contributed by atoms with Crippen LogP contribution in [0.5, 0.6) is 11.5 Å². The maximum absolute atomic E-state index is 12.3. The monoisotopic (exact) mass is 358 g/mol. The van der Waals surface area contributed by atoms with Crippen LogP contribution in [-0.2, 0) is 9.53 Å². The van der Waals surface area contributed by atoms with Gasteiger partial charge in [0.05, 0.1) is 4.88 Å². The second-order valence-electron chi connectivity index (χ2n) is 5.37. The van der Waals surface area contributed by atoms with E-state index in [1.165, 1.54) is 11.3 Å². The van der Waals surface area contributed by atoms with E-state index in [1.807, 2.05) is 29.6 Å². The number of esters is 1. The maximum atomic E-state index is 12.3. The molecule has 128 valence electrons. The molecule has 0 amide bonds. The predicted octanol–water partition coefficient (Wildman–Crippen LogP) is 3.24.